The number of ether oxygens (including phenoxy) is 2. The van der Waals surface area contributed by atoms with Crippen molar-refractivity contribution in [3.05, 3.63) is 47.9 Å². The van der Waals surface area contributed by atoms with Crippen molar-refractivity contribution in [3.8, 4) is 17.0 Å². The summed E-state index contributed by atoms with van der Waals surface area (Å²) in [6, 6.07) is 5.35. The van der Waals surface area contributed by atoms with Crippen LogP contribution in [0.3, 0.4) is 0 Å². The monoisotopic (exact) mass is 301 g/mol. The van der Waals surface area contributed by atoms with Crippen molar-refractivity contribution in [2.75, 3.05) is 13.9 Å². The molecule has 3 nitrogen and oxygen atoms in total. The number of halogens is 4. The minimum atomic E-state index is -4.60. The summed E-state index contributed by atoms with van der Waals surface area (Å²) in [6.07, 6.45) is -3.20. The van der Waals surface area contributed by atoms with E-state index in [1.165, 1.54) is 19.4 Å². The van der Waals surface area contributed by atoms with Crippen LogP contribution in [0.25, 0.3) is 11.3 Å². The van der Waals surface area contributed by atoms with Gasteiger partial charge in [-0.1, -0.05) is 0 Å². The smallest absolute Gasteiger partial charge is 0.416 e. The Labute approximate surface area is 118 Å². The first-order chi connectivity index (χ1) is 9.93. The minimum absolute atomic E-state index is 0.0743. The van der Waals surface area contributed by atoms with E-state index < -0.39 is 17.6 Å². The number of pyridine rings is 1. The standard InChI is InChI=1S/C14H11F4NO2/c1-20-8-21-12-3-2-6-19-13(12)10-5-4-9(7-11(10)15)14(16,17)18/h2-7H,8H2,1H3. The lowest BCUT2D eigenvalue weighted by molar-refractivity contribution is -0.137. The van der Waals surface area contributed by atoms with Crippen LogP contribution in [0, 0.1) is 5.82 Å². The molecule has 1 heterocycles. The third-order valence-electron chi connectivity index (χ3n) is 2.65. The molecule has 0 aliphatic carbocycles. The van der Waals surface area contributed by atoms with Gasteiger partial charge in [-0.15, -0.1) is 0 Å². The summed E-state index contributed by atoms with van der Waals surface area (Å²) in [4.78, 5) is 3.95. The summed E-state index contributed by atoms with van der Waals surface area (Å²) in [5.41, 5.74) is -1.02. The van der Waals surface area contributed by atoms with Crippen molar-refractivity contribution in [3.63, 3.8) is 0 Å². The summed E-state index contributed by atoms with van der Waals surface area (Å²) < 4.78 is 61.5. The Balaban J connectivity index is 2.43. The highest BCUT2D eigenvalue weighted by atomic mass is 19.4. The van der Waals surface area contributed by atoms with Crippen molar-refractivity contribution >= 4 is 0 Å². The maximum atomic E-state index is 13.9. The summed E-state index contributed by atoms with van der Waals surface area (Å²) in [6.45, 7) is -0.0824. The minimum Gasteiger partial charge on any atom is -0.465 e. The van der Waals surface area contributed by atoms with Crippen LogP contribution < -0.4 is 4.74 Å². The van der Waals surface area contributed by atoms with Crippen molar-refractivity contribution < 1.29 is 27.0 Å². The fourth-order valence-corrected chi connectivity index (χ4v) is 1.72. The first-order valence-electron chi connectivity index (χ1n) is 5.87. The van der Waals surface area contributed by atoms with Gasteiger partial charge in [0.25, 0.3) is 0 Å². The van der Waals surface area contributed by atoms with E-state index in [4.69, 9.17) is 9.47 Å². The van der Waals surface area contributed by atoms with Gasteiger partial charge >= 0.3 is 6.18 Å². The number of hydrogen-bond acceptors (Lipinski definition) is 3. The van der Waals surface area contributed by atoms with Gasteiger partial charge in [-0.2, -0.15) is 13.2 Å². The van der Waals surface area contributed by atoms with Gasteiger partial charge in [-0.25, -0.2) is 4.39 Å². The Kier molecular flexibility index (Phi) is 4.42. The van der Waals surface area contributed by atoms with Crippen molar-refractivity contribution in [1.82, 2.24) is 4.98 Å². The second-order valence-electron chi connectivity index (χ2n) is 4.09. The molecule has 0 unspecified atom stereocenters. The van der Waals surface area contributed by atoms with Crippen LogP contribution in [0.15, 0.2) is 36.5 Å². The van der Waals surface area contributed by atoms with Gasteiger partial charge in [-0.3, -0.25) is 4.98 Å². The first-order valence-corrected chi connectivity index (χ1v) is 5.87. The van der Waals surface area contributed by atoms with Crippen LogP contribution in [-0.4, -0.2) is 18.9 Å². The van der Waals surface area contributed by atoms with Gasteiger partial charge in [0.2, 0.25) is 0 Å². The number of benzene rings is 1. The Morgan fingerprint density at radius 3 is 2.57 bits per heavy atom. The zero-order valence-corrected chi connectivity index (χ0v) is 10.9. The lowest BCUT2D eigenvalue weighted by atomic mass is 10.1. The lowest BCUT2D eigenvalue weighted by Crippen LogP contribution is -2.06. The molecule has 0 atom stereocenters. The summed E-state index contributed by atoms with van der Waals surface area (Å²) in [5.74, 6) is -0.802. The van der Waals surface area contributed by atoms with Gasteiger partial charge in [0.15, 0.2) is 6.79 Å². The van der Waals surface area contributed by atoms with Crippen LogP contribution in [-0.2, 0) is 10.9 Å². The molecule has 0 amide bonds. The average molecular weight is 301 g/mol. The molecule has 0 N–H and O–H groups in total. The largest absolute Gasteiger partial charge is 0.465 e. The SMILES string of the molecule is COCOc1cccnc1-c1ccc(C(F)(F)F)cc1F. The first kappa shape index (κ1) is 15.2. The van der Waals surface area contributed by atoms with Gasteiger partial charge in [0.1, 0.15) is 17.3 Å². The summed E-state index contributed by atoms with van der Waals surface area (Å²) >= 11 is 0. The molecule has 0 saturated carbocycles. The van der Waals surface area contributed by atoms with Crippen LogP contribution in [0.1, 0.15) is 5.56 Å². The van der Waals surface area contributed by atoms with E-state index in [9.17, 15) is 17.6 Å². The number of rotatable bonds is 4. The van der Waals surface area contributed by atoms with E-state index in [2.05, 4.69) is 4.98 Å². The fraction of sp³-hybridized carbons (Fsp3) is 0.214. The van der Waals surface area contributed by atoms with Crippen molar-refractivity contribution in [2.24, 2.45) is 0 Å². The van der Waals surface area contributed by atoms with E-state index in [0.717, 1.165) is 12.1 Å². The van der Waals surface area contributed by atoms with E-state index in [1.807, 2.05) is 0 Å². The van der Waals surface area contributed by atoms with Gasteiger partial charge in [-0.05, 0) is 30.3 Å². The van der Waals surface area contributed by atoms with Crippen LogP contribution >= 0.6 is 0 Å². The molecule has 0 aliphatic heterocycles. The Hall–Kier alpha value is -2.15. The van der Waals surface area contributed by atoms with E-state index in [0.29, 0.717) is 6.07 Å². The number of aromatic nitrogens is 1. The quantitative estimate of drug-likeness (QED) is 0.634. The van der Waals surface area contributed by atoms with Gasteiger partial charge in [0, 0.05) is 18.9 Å². The third kappa shape index (κ3) is 3.49. The fourth-order valence-electron chi connectivity index (χ4n) is 1.72. The predicted molar refractivity (Wildman–Crippen MR) is 67.1 cm³/mol. The van der Waals surface area contributed by atoms with Gasteiger partial charge < -0.3 is 9.47 Å². The van der Waals surface area contributed by atoms with E-state index >= 15 is 0 Å². The summed E-state index contributed by atoms with van der Waals surface area (Å²) in [5, 5.41) is 0. The highest BCUT2D eigenvalue weighted by molar-refractivity contribution is 5.67. The van der Waals surface area contributed by atoms with Crippen LogP contribution in [0.4, 0.5) is 17.6 Å². The number of nitrogens with zero attached hydrogens (tertiary/aromatic N) is 1. The van der Waals surface area contributed by atoms with Crippen LogP contribution in [0.2, 0.25) is 0 Å². The topological polar surface area (TPSA) is 31.4 Å². The molecule has 21 heavy (non-hydrogen) atoms. The number of methoxy groups -OCH3 is 1. The maximum absolute atomic E-state index is 13.9. The predicted octanol–water partition coefficient (Wildman–Crippen LogP) is 3.89. The van der Waals surface area contributed by atoms with Gasteiger partial charge in [0.05, 0.1) is 5.56 Å². The van der Waals surface area contributed by atoms with E-state index in [1.54, 1.807) is 6.07 Å². The Morgan fingerprint density at radius 1 is 1.19 bits per heavy atom. The molecule has 1 aromatic heterocycles. The molecule has 0 saturated heterocycles. The molecule has 0 aliphatic rings. The summed E-state index contributed by atoms with van der Waals surface area (Å²) in [7, 11) is 1.41. The molecule has 112 valence electrons. The molecular weight excluding hydrogens is 290 g/mol. The van der Waals surface area contributed by atoms with E-state index in [-0.39, 0.29) is 23.8 Å². The highest BCUT2D eigenvalue weighted by Gasteiger charge is 2.31. The molecule has 1 aromatic carbocycles. The number of alkyl halides is 3. The number of hydrogen-bond donors (Lipinski definition) is 0. The second-order valence-corrected chi connectivity index (χ2v) is 4.09. The highest BCUT2D eigenvalue weighted by Crippen LogP contribution is 2.34. The third-order valence-corrected chi connectivity index (χ3v) is 2.65. The lowest BCUT2D eigenvalue weighted by Gasteiger charge is -2.12. The normalized spacial score (nSPS) is 11.5. The van der Waals surface area contributed by atoms with Crippen molar-refractivity contribution in [1.29, 1.82) is 0 Å². The molecule has 0 bridgehead atoms. The molecule has 0 radical (unpaired) electrons. The molecular formula is C14H11F4NO2. The second kappa shape index (κ2) is 6.09. The molecule has 0 fully saturated rings. The molecule has 2 rings (SSSR count). The average Bonchev–Trinajstić information content (AvgIpc) is 2.44. The zero-order chi connectivity index (χ0) is 15.5. The molecule has 7 heteroatoms. The molecule has 2 aromatic rings. The molecule has 0 spiro atoms. The zero-order valence-electron chi connectivity index (χ0n) is 10.9. The maximum Gasteiger partial charge on any atom is 0.416 e. The Bertz CT molecular complexity index is 629. The Morgan fingerprint density at radius 2 is 1.95 bits per heavy atom. The van der Waals surface area contributed by atoms with Crippen LogP contribution in [0.5, 0.6) is 5.75 Å². The van der Waals surface area contributed by atoms with Crippen molar-refractivity contribution in [2.45, 2.75) is 6.18 Å².